The molecular weight excluding hydrogens is 266 g/mol. The molecule has 0 aliphatic carbocycles. The summed E-state index contributed by atoms with van der Waals surface area (Å²) < 4.78 is 10.4. The summed E-state index contributed by atoms with van der Waals surface area (Å²) in [5.74, 6) is -0.343. The number of ether oxygens (including phenoxy) is 2. The van der Waals surface area contributed by atoms with Crippen LogP contribution in [0.2, 0.25) is 4.47 Å². The highest BCUT2D eigenvalue weighted by molar-refractivity contribution is 7.15. The molecule has 0 amide bonds. The highest BCUT2D eigenvalue weighted by atomic mass is 35.5. The van der Waals surface area contributed by atoms with Gasteiger partial charge in [0, 0.05) is 13.1 Å². The molecule has 1 unspecified atom stereocenters. The van der Waals surface area contributed by atoms with Crippen LogP contribution in [0.15, 0.2) is 0 Å². The Morgan fingerprint density at radius 2 is 2.53 bits per heavy atom. The molecule has 8 heteroatoms. The summed E-state index contributed by atoms with van der Waals surface area (Å²) in [6, 6.07) is 0. The van der Waals surface area contributed by atoms with E-state index in [0.29, 0.717) is 24.2 Å². The number of nitrogens with zero attached hydrogens (tertiary/aromatic N) is 3. The molecule has 1 atom stereocenters. The van der Waals surface area contributed by atoms with Gasteiger partial charge >= 0.3 is 5.97 Å². The lowest BCUT2D eigenvalue weighted by molar-refractivity contribution is -0.160. The van der Waals surface area contributed by atoms with Crippen LogP contribution in [0, 0.1) is 0 Å². The zero-order valence-electron chi connectivity index (χ0n) is 9.26. The van der Waals surface area contributed by atoms with Crippen molar-refractivity contribution >= 4 is 28.9 Å². The molecule has 2 heterocycles. The second-order valence-corrected chi connectivity index (χ2v) is 5.21. The number of esters is 1. The molecule has 94 valence electrons. The molecule has 0 bridgehead atoms. The average molecular weight is 278 g/mol. The Balaban J connectivity index is 1.91. The molecule has 1 aliphatic rings. The molecule has 1 fully saturated rings. The number of rotatable bonds is 3. The van der Waals surface area contributed by atoms with Gasteiger partial charge in [0.1, 0.15) is 5.01 Å². The van der Waals surface area contributed by atoms with Crippen LogP contribution in [-0.2, 0) is 20.8 Å². The minimum Gasteiger partial charge on any atom is -0.467 e. The van der Waals surface area contributed by atoms with Gasteiger partial charge in [-0.3, -0.25) is 4.90 Å². The maximum absolute atomic E-state index is 11.3. The predicted molar refractivity (Wildman–Crippen MR) is 62.0 cm³/mol. The summed E-state index contributed by atoms with van der Waals surface area (Å²) in [5, 5.41) is 8.51. The van der Waals surface area contributed by atoms with E-state index < -0.39 is 6.10 Å². The third-order valence-corrected chi connectivity index (χ3v) is 3.42. The Labute approximate surface area is 107 Å². The van der Waals surface area contributed by atoms with Crippen LogP contribution in [0.4, 0.5) is 0 Å². The van der Waals surface area contributed by atoms with Crippen molar-refractivity contribution in [2.24, 2.45) is 0 Å². The molecule has 2 rings (SSSR count). The van der Waals surface area contributed by atoms with Gasteiger partial charge in [0.2, 0.25) is 4.47 Å². The van der Waals surface area contributed by atoms with E-state index in [1.807, 2.05) is 0 Å². The number of hydrogen-bond donors (Lipinski definition) is 0. The van der Waals surface area contributed by atoms with E-state index in [1.54, 1.807) is 0 Å². The van der Waals surface area contributed by atoms with Gasteiger partial charge in [0.05, 0.1) is 20.3 Å². The molecule has 17 heavy (non-hydrogen) atoms. The average Bonchev–Trinajstić information content (AvgIpc) is 2.74. The molecule has 0 saturated carbocycles. The minimum absolute atomic E-state index is 0.343. The van der Waals surface area contributed by atoms with Crippen molar-refractivity contribution in [2.45, 2.75) is 12.6 Å². The van der Waals surface area contributed by atoms with E-state index in [1.165, 1.54) is 18.4 Å². The Morgan fingerprint density at radius 1 is 1.71 bits per heavy atom. The molecule has 1 aromatic heterocycles. The highest BCUT2D eigenvalue weighted by Crippen LogP contribution is 2.18. The number of aromatic nitrogens is 2. The van der Waals surface area contributed by atoms with Crippen molar-refractivity contribution in [3.8, 4) is 0 Å². The van der Waals surface area contributed by atoms with Gasteiger partial charge in [-0.05, 0) is 11.6 Å². The number of halogens is 1. The van der Waals surface area contributed by atoms with Crippen LogP contribution >= 0.6 is 22.9 Å². The standard InChI is InChI=1S/C9H12ClN3O3S/c1-15-8(14)6-4-13(2-3-16-6)5-7-11-12-9(10)17-7/h6H,2-5H2,1H3. The van der Waals surface area contributed by atoms with E-state index in [4.69, 9.17) is 16.3 Å². The fourth-order valence-corrected chi connectivity index (χ4v) is 2.52. The monoisotopic (exact) mass is 277 g/mol. The summed E-state index contributed by atoms with van der Waals surface area (Å²) in [7, 11) is 1.36. The van der Waals surface area contributed by atoms with E-state index in [0.717, 1.165) is 11.6 Å². The van der Waals surface area contributed by atoms with Crippen molar-refractivity contribution < 1.29 is 14.3 Å². The van der Waals surface area contributed by atoms with Gasteiger partial charge in [0.25, 0.3) is 0 Å². The fourth-order valence-electron chi connectivity index (χ4n) is 1.61. The van der Waals surface area contributed by atoms with E-state index >= 15 is 0 Å². The second kappa shape index (κ2) is 5.72. The summed E-state index contributed by atoms with van der Waals surface area (Å²) in [5.41, 5.74) is 0. The van der Waals surface area contributed by atoms with Crippen molar-refractivity contribution in [3.63, 3.8) is 0 Å². The first-order valence-corrected chi connectivity index (χ1v) is 6.28. The molecule has 0 N–H and O–H groups in total. The van der Waals surface area contributed by atoms with Crippen LogP contribution in [0.1, 0.15) is 5.01 Å². The van der Waals surface area contributed by atoms with Gasteiger partial charge in [-0.2, -0.15) is 0 Å². The Hall–Kier alpha value is -0.760. The van der Waals surface area contributed by atoms with Gasteiger partial charge < -0.3 is 9.47 Å². The van der Waals surface area contributed by atoms with Crippen molar-refractivity contribution in [2.75, 3.05) is 26.8 Å². The number of morpholine rings is 1. The van der Waals surface area contributed by atoms with E-state index in [9.17, 15) is 4.79 Å². The van der Waals surface area contributed by atoms with Crippen molar-refractivity contribution in [1.29, 1.82) is 0 Å². The zero-order chi connectivity index (χ0) is 12.3. The minimum atomic E-state index is -0.517. The maximum Gasteiger partial charge on any atom is 0.336 e. The predicted octanol–water partition coefficient (Wildman–Crippen LogP) is 0.565. The summed E-state index contributed by atoms with van der Waals surface area (Å²) >= 11 is 7.05. The largest absolute Gasteiger partial charge is 0.467 e. The summed E-state index contributed by atoms with van der Waals surface area (Å²) in [4.78, 5) is 13.4. The first-order chi connectivity index (χ1) is 8.19. The first-order valence-electron chi connectivity index (χ1n) is 5.08. The lowest BCUT2D eigenvalue weighted by Crippen LogP contribution is -2.46. The van der Waals surface area contributed by atoms with Crippen LogP contribution in [0.5, 0.6) is 0 Å². The Morgan fingerprint density at radius 3 is 3.18 bits per heavy atom. The smallest absolute Gasteiger partial charge is 0.336 e. The molecule has 0 aromatic carbocycles. The Kier molecular flexibility index (Phi) is 4.27. The second-order valence-electron chi connectivity index (χ2n) is 3.57. The van der Waals surface area contributed by atoms with Crippen molar-refractivity contribution in [1.82, 2.24) is 15.1 Å². The molecule has 6 nitrogen and oxygen atoms in total. The fraction of sp³-hybridized carbons (Fsp3) is 0.667. The molecular formula is C9H12ClN3O3S. The Bertz CT molecular complexity index is 401. The molecule has 0 radical (unpaired) electrons. The number of carbonyl (C=O) groups is 1. The number of methoxy groups -OCH3 is 1. The van der Waals surface area contributed by atoms with E-state index in [2.05, 4.69) is 19.8 Å². The topological polar surface area (TPSA) is 64.5 Å². The van der Waals surface area contributed by atoms with Crippen LogP contribution < -0.4 is 0 Å². The van der Waals surface area contributed by atoms with Crippen LogP contribution in [0.25, 0.3) is 0 Å². The normalized spacial score (nSPS) is 21.4. The van der Waals surface area contributed by atoms with Gasteiger partial charge in [-0.25, -0.2) is 4.79 Å². The van der Waals surface area contributed by atoms with E-state index in [-0.39, 0.29) is 5.97 Å². The third kappa shape index (κ3) is 3.35. The van der Waals surface area contributed by atoms with Crippen molar-refractivity contribution in [3.05, 3.63) is 9.47 Å². The zero-order valence-corrected chi connectivity index (χ0v) is 10.8. The SMILES string of the molecule is COC(=O)C1CN(Cc2nnc(Cl)s2)CCO1. The van der Waals surface area contributed by atoms with Crippen LogP contribution in [0.3, 0.4) is 0 Å². The summed E-state index contributed by atoms with van der Waals surface area (Å²) in [6.07, 6.45) is -0.517. The maximum atomic E-state index is 11.3. The molecule has 1 aliphatic heterocycles. The highest BCUT2D eigenvalue weighted by Gasteiger charge is 2.27. The van der Waals surface area contributed by atoms with Gasteiger partial charge in [-0.15, -0.1) is 10.2 Å². The molecule has 1 saturated heterocycles. The lowest BCUT2D eigenvalue weighted by atomic mass is 10.3. The van der Waals surface area contributed by atoms with Gasteiger partial charge in [-0.1, -0.05) is 11.3 Å². The molecule has 1 aromatic rings. The quantitative estimate of drug-likeness (QED) is 0.753. The lowest BCUT2D eigenvalue weighted by Gasteiger charge is -2.30. The van der Waals surface area contributed by atoms with Gasteiger partial charge in [0.15, 0.2) is 6.10 Å². The first kappa shape index (κ1) is 12.7. The number of carbonyl (C=O) groups excluding carboxylic acids is 1. The summed E-state index contributed by atoms with van der Waals surface area (Å²) in [6.45, 7) is 2.39. The number of hydrogen-bond acceptors (Lipinski definition) is 7. The van der Waals surface area contributed by atoms with Crippen LogP contribution in [-0.4, -0.2) is 54.0 Å². The third-order valence-electron chi connectivity index (χ3n) is 2.42. The molecule has 0 spiro atoms.